The van der Waals surface area contributed by atoms with Gasteiger partial charge in [0.15, 0.2) is 0 Å². The van der Waals surface area contributed by atoms with E-state index in [0.717, 1.165) is 11.4 Å². The third-order valence-electron chi connectivity index (χ3n) is 4.39. The number of aromatic nitrogens is 2. The van der Waals surface area contributed by atoms with Gasteiger partial charge >= 0.3 is 0 Å². The molecule has 0 fully saturated rings. The molecular formula is C22H24N4O3. The average Bonchev–Trinajstić information content (AvgIpc) is 2.74. The Bertz CT molecular complexity index is 957. The van der Waals surface area contributed by atoms with E-state index in [4.69, 9.17) is 9.47 Å². The minimum Gasteiger partial charge on any atom is -0.497 e. The predicted molar refractivity (Wildman–Crippen MR) is 112 cm³/mol. The minimum atomic E-state index is -0.249. The molecule has 0 aliphatic heterocycles. The third kappa shape index (κ3) is 5.68. The van der Waals surface area contributed by atoms with Crippen LogP contribution in [0, 0.1) is 13.8 Å². The van der Waals surface area contributed by atoms with E-state index in [1.54, 1.807) is 7.11 Å². The van der Waals surface area contributed by atoms with Gasteiger partial charge in [-0.15, -0.1) is 0 Å². The average molecular weight is 392 g/mol. The van der Waals surface area contributed by atoms with Crippen LogP contribution in [0.3, 0.4) is 0 Å². The van der Waals surface area contributed by atoms with E-state index in [0.29, 0.717) is 30.4 Å². The summed E-state index contributed by atoms with van der Waals surface area (Å²) in [5, 5.41) is 5.92. The number of methoxy groups -OCH3 is 1. The molecule has 0 saturated carbocycles. The number of carbonyl (C=O) groups is 1. The smallest absolute Gasteiger partial charge is 0.254 e. The van der Waals surface area contributed by atoms with Crippen LogP contribution in [0.5, 0.6) is 11.5 Å². The first kappa shape index (κ1) is 20.1. The molecule has 0 aliphatic carbocycles. The summed E-state index contributed by atoms with van der Waals surface area (Å²) in [4.78, 5) is 20.6. The number of nitrogens with zero attached hydrogens (tertiary/aromatic N) is 2. The van der Waals surface area contributed by atoms with E-state index in [-0.39, 0.29) is 5.91 Å². The number of rotatable bonds is 8. The maximum Gasteiger partial charge on any atom is 0.254 e. The van der Waals surface area contributed by atoms with Gasteiger partial charge in [0.25, 0.3) is 5.91 Å². The molecule has 3 rings (SSSR count). The molecule has 0 spiro atoms. The molecule has 29 heavy (non-hydrogen) atoms. The highest BCUT2D eigenvalue weighted by molar-refractivity contribution is 5.93. The second-order valence-electron chi connectivity index (χ2n) is 6.50. The molecule has 1 heterocycles. The zero-order valence-electron chi connectivity index (χ0n) is 16.7. The molecule has 150 valence electrons. The first-order valence-corrected chi connectivity index (χ1v) is 9.26. The largest absolute Gasteiger partial charge is 0.497 e. The molecule has 7 nitrogen and oxygen atoms in total. The van der Waals surface area contributed by atoms with Crippen molar-refractivity contribution in [3.63, 3.8) is 0 Å². The summed E-state index contributed by atoms with van der Waals surface area (Å²) in [6.45, 7) is 4.83. The van der Waals surface area contributed by atoms with Crippen molar-refractivity contribution in [3.8, 4) is 11.5 Å². The zero-order chi connectivity index (χ0) is 20.6. The number of nitrogens with one attached hydrogen (secondary N) is 2. The topological polar surface area (TPSA) is 85.4 Å². The lowest BCUT2D eigenvalue weighted by Crippen LogP contribution is -2.28. The van der Waals surface area contributed by atoms with E-state index in [9.17, 15) is 4.79 Å². The first-order chi connectivity index (χ1) is 14.0. The van der Waals surface area contributed by atoms with Crippen LogP contribution < -0.4 is 20.1 Å². The summed E-state index contributed by atoms with van der Waals surface area (Å²) < 4.78 is 10.7. The monoisotopic (exact) mass is 392 g/mol. The Morgan fingerprint density at radius 1 is 0.966 bits per heavy atom. The quantitative estimate of drug-likeness (QED) is 0.569. The summed E-state index contributed by atoms with van der Waals surface area (Å²) >= 11 is 0. The number of benzene rings is 2. The van der Waals surface area contributed by atoms with E-state index in [1.807, 2.05) is 49.4 Å². The molecule has 1 amide bonds. The van der Waals surface area contributed by atoms with Crippen molar-refractivity contribution in [2.24, 2.45) is 0 Å². The van der Waals surface area contributed by atoms with E-state index < -0.39 is 0 Å². The standard InChI is InChI=1S/C22H24N4O3/c1-15-4-5-18(12-16(15)2)26-22-24-13-17(14-25-22)21(27)23-10-11-29-20-8-6-19(28-3)7-9-20/h4-9,12-14H,10-11H2,1-3H3,(H,23,27)(H,24,25,26). The van der Waals surface area contributed by atoms with Crippen LogP contribution in [-0.2, 0) is 0 Å². The van der Waals surface area contributed by atoms with Crippen LogP contribution in [0.4, 0.5) is 11.6 Å². The normalized spacial score (nSPS) is 10.3. The van der Waals surface area contributed by atoms with Gasteiger partial charge in [0.2, 0.25) is 5.95 Å². The Balaban J connectivity index is 1.46. The van der Waals surface area contributed by atoms with Crippen molar-refractivity contribution in [1.82, 2.24) is 15.3 Å². The van der Waals surface area contributed by atoms with Crippen LogP contribution in [0.1, 0.15) is 21.5 Å². The molecule has 0 atom stereocenters. The molecule has 3 aromatic rings. The molecule has 0 aliphatic rings. The summed E-state index contributed by atoms with van der Waals surface area (Å²) in [5.41, 5.74) is 3.70. The van der Waals surface area contributed by atoms with Gasteiger partial charge in [-0.2, -0.15) is 0 Å². The van der Waals surface area contributed by atoms with Crippen molar-refractivity contribution in [2.75, 3.05) is 25.6 Å². The number of anilines is 2. The van der Waals surface area contributed by atoms with E-state index in [2.05, 4.69) is 27.5 Å². The highest BCUT2D eigenvalue weighted by Gasteiger charge is 2.07. The third-order valence-corrected chi connectivity index (χ3v) is 4.39. The number of carbonyl (C=O) groups excluding carboxylic acids is 1. The molecule has 7 heteroatoms. The lowest BCUT2D eigenvalue weighted by Gasteiger charge is -2.09. The van der Waals surface area contributed by atoms with Crippen molar-refractivity contribution < 1.29 is 14.3 Å². The fraction of sp³-hybridized carbons (Fsp3) is 0.227. The van der Waals surface area contributed by atoms with Gasteiger partial charge < -0.3 is 20.1 Å². The molecule has 0 bridgehead atoms. The maximum absolute atomic E-state index is 12.2. The van der Waals surface area contributed by atoms with Crippen molar-refractivity contribution in [3.05, 3.63) is 71.5 Å². The van der Waals surface area contributed by atoms with E-state index >= 15 is 0 Å². The van der Waals surface area contributed by atoms with Gasteiger partial charge in [-0.05, 0) is 61.4 Å². The molecule has 0 unspecified atom stereocenters. The molecule has 1 aromatic heterocycles. The Hall–Kier alpha value is -3.61. The minimum absolute atomic E-state index is 0.249. The SMILES string of the molecule is COc1ccc(OCCNC(=O)c2cnc(Nc3ccc(C)c(C)c3)nc2)cc1. The molecule has 2 N–H and O–H groups in total. The van der Waals surface area contributed by atoms with Gasteiger partial charge in [0.1, 0.15) is 18.1 Å². The number of ether oxygens (including phenoxy) is 2. The van der Waals surface area contributed by atoms with Gasteiger partial charge in [0, 0.05) is 18.1 Å². The predicted octanol–water partition coefficient (Wildman–Crippen LogP) is 3.65. The van der Waals surface area contributed by atoms with Gasteiger partial charge in [0.05, 0.1) is 19.2 Å². The second-order valence-corrected chi connectivity index (χ2v) is 6.50. The Kier molecular flexibility index (Phi) is 6.63. The Morgan fingerprint density at radius 2 is 1.66 bits per heavy atom. The van der Waals surface area contributed by atoms with Crippen LogP contribution in [0.2, 0.25) is 0 Å². The first-order valence-electron chi connectivity index (χ1n) is 9.26. The highest BCUT2D eigenvalue weighted by Crippen LogP contribution is 2.18. The van der Waals surface area contributed by atoms with Crippen molar-refractivity contribution >= 4 is 17.5 Å². The van der Waals surface area contributed by atoms with Crippen molar-refractivity contribution in [2.45, 2.75) is 13.8 Å². The lowest BCUT2D eigenvalue weighted by molar-refractivity contribution is 0.0946. The number of amides is 1. The number of hydrogen-bond acceptors (Lipinski definition) is 6. The fourth-order valence-corrected chi connectivity index (χ4v) is 2.57. The van der Waals surface area contributed by atoms with Gasteiger partial charge in [-0.3, -0.25) is 4.79 Å². The van der Waals surface area contributed by atoms with Crippen LogP contribution in [0.25, 0.3) is 0 Å². The van der Waals surface area contributed by atoms with Gasteiger partial charge in [-0.1, -0.05) is 6.07 Å². The van der Waals surface area contributed by atoms with Gasteiger partial charge in [-0.25, -0.2) is 9.97 Å². The molecule has 0 saturated heterocycles. The number of hydrogen-bond donors (Lipinski definition) is 2. The second kappa shape index (κ2) is 9.54. The summed E-state index contributed by atoms with van der Waals surface area (Å²) in [7, 11) is 1.61. The summed E-state index contributed by atoms with van der Waals surface area (Å²) in [6, 6.07) is 13.3. The fourth-order valence-electron chi connectivity index (χ4n) is 2.57. The highest BCUT2D eigenvalue weighted by atomic mass is 16.5. The van der Waals surface area contributed by atoms with E-state index in [1.165, 1.54) is 23.5 Å². The van der Waals surface area contributed by atoms with Crippen molar-refractivity contribution in [1.29, 1.82) is 0 Å². The van der Waals surface area contributed by atoms with Crippen LogP contribution in [0.15, 0.2) is 54.9 Å². The zero-order valence-corrected chi connectivity index (χ0v) is 16.7. The summed E-state index contributed by atoms with van der Waals surface area (Å²) in [6.07, 6.45) is 2.99. The van der Waals surface area contributed by atoms with Crippen LogP contribution in [-0.4, -0.2) is 36.1 Å². The lowest BCUT2D eigenvalue weighted by atomic mass is 10.1. The molecular weight excluding hydrogens is 368 g/mol. The Labute approximate surface area is 170 Å². The van der Waals surface area contributed by atoms with Crippen LogP contribution >= 0.6 is 0 Å². The molecule has 2 aromatic carbocycles. The maximum atomic E-state index is 12.2. The summed E-state index contributed by atoms with van der Waals surface area (Å²) in [5.74, 6) is 1.67. The molecule has 0 radical (unpaired) electrons. The Morgan fingerprint density at radius 3 is 2.31 bits per heavy atom. The number of aryl methyl sites for hydroxylation is 2.